The summed E-state index contributed by atoms with van der Waals surface area (Å²) in [7, 11) is 2.46. The number of hydrogen-bond acceptors (Lipinski definition) is 5. The van der Waals surface area contributed by atoms with E-state index >= 15 is 0 Å². The van der Waals surface area contributed by atoms with Gasteiger partial charge in [0.05, 0.1) is 29.1 Å². The number of nitrogens with zero attached hydrogens (tertiary/aromatic N) is 2. The highest BCUT2D eigenvalue weighted by molar-refractivity contribution is 7.92. The number of benzene rings is 2. The van der Waals surface area contributed by atoms with Crippen LogP contribution < -0.4 is 15.1 Å². The highest BCUT2D eigenvalue weighted by Gasteiger charge is 2.27. The second kappa shape index (κ2) is 8.35. The van der Waals surface area contributed by atoms with Crippen LogP contribution in [0.2, 0.25) is 0 Å². The summed E-state index contributed by atoms with van der Waals surface area (Å²) in [5, 5.41) is 12.6. The van der Waals surface area contributed by atoms with Gasteiger partial charge < -0.3 is 15.4 Å². The van der Waals surface area contributed by atoms with E-state index in [2.05, 4.69) is 15.3 Å². The molecule has 1 aliphatic rings. The van der Waals surface area contributed by atoms with Crippen LogP contribution in [0.15, 0.2) is 36.4 Å². The minimum absolute atomic E-state index is 0.135. The first-order valence-electron chi connectivity index (χ1n) is 10.1. The number of aliphatic hydroxyl groups excluding tert-OH is 1. The Kier molecular flexibility index (Phi) is 5.76. The number of imidazole rings is 1. The number of amides is 1. The Hall–Kier alpha value is -2.85. The van der Waals surface area contributed by atoms with Gasteiger partial charge in [-0.1, -0.05) is 11.5 Å². The molecule has 1 amide bonds. The number of aromatic amines is 1. The molecule has 2 aromatic carbocycles. The normalized spacial score (nSPS) is 16.9. The number of carbonyl (C=O) groups excluding carboxylic acids is 1. The Bertz CT molecular complexity index is 1240. The fraction of sp³-hybridized carbons (Fsp3) is 0.333. The van der Waals surface area contributed by atoms with Crippen molar-refractivity contribution in [3.63, 3.8) is 0 Å². The predicted molar refractivity (Wildman–Crippen MR) is 120 cm³/mol. The molecule has 4 rings (SSSR count). The van der Waals surface area contributed by atoms with Gasteiger partial charge in [-0.25, -0.2) is 13.4 Å². The fourth-order valence-corrected chi connectivity index (χ4v) is 5.49. The molecular weight excluding hydrogens is 415 g/mol. The van der Waals surface area contributed by atoms with E-state index < -0.39 is 22.0 Å². The smallest absolute Gasteiger partial charge is 0.251 e. The van der Waals surface area contributed by atoms with Crippen LogP contribution in [0.3, 0.4) is 0 Å². The van der Waals surface area contributed by atoms with E-state index in [1.807, 2.05) is 0 Å². The average Bonchev–Trinajstić information content (AvgIpc) is 3.14. The highest BCUT2D eigenvalue weighted by Crippen LogP contribution is 2.28. The summed E-state index contributed by atoms with van der Waals surface area (Å²) in [5.74, 6) is 0.162. The van der Waals surface area contributed by atoms with E-state index in [1.54, 1.807) is 43.3 Å². The molecule has 1 aliphatic heterocycles. The Morgan fingerprint density at radius 1 is 1.29 bits per heavy atom. The van der Waals surface area contributed by atoms with Crippen LogP contribution >= 0.6 is 0 Å². The van der Waals surface area contributed by atoms with Crippen molar-refractivity contribution in [2.24, 2.45) is 0 Å². The molecule has 3 aromatic rings. The lowest BCUT2D eigenvalue weighted by molar-refractivity contribution is 0.0913. The van der Waals surface area contributed by atoms with E-state index in [0.29, 0.717) is 52.1 Å². The molecule has 8 nitrogen and oxygen atoms in total. The first-order chi connectivity index (χ1) is 14.8. The van der Waals surface area contributed by atoms with Crippen molar-refractivity contribution in [2.75, 3.05) is 23.2 Å². The molecule has 1 aromatic heterocycles. The van der Waals surface area contributed by atoms with E-state index in [-0.39, 0.29) is 12.4 Å². The number of anilines is 1. The zero-order valence-electron chi connectivity index (χ0n) is 17.1. The molecule has 0 aliphatic carbocycles. The molecule has 1 saturated heterocycles. The summed E-state index contributed by atoms with van der Waals surface area (Å²) >= 11 is 0. The van der Waals surface area contributed by atoms with Gasteiger partial charge in [-0.15, -0.1) is 0 Å². The number of aromatic nitrogens is 2. The molecule has 31 heavy (non-hydrogen) atoms. The lowest BCUT2D eigenvalue weighted by Crippen LogP contribution is -2.38. The van der Waals surface area contributed by atoms with Crippen LogP contribution in [-0.2, 0) is 10.0 Å². The maximum atomic E-state index is 12.8. The first kappa shape index (κ1) is 21.4. The number of hydrogen-bond donors (Lipinski definition) is 3. The number of fused-ring (bicyclic) bond motifs is 1. The Morgan fingerprint density at radius 3 is 2.81 bits per heavy atom. The van der Waals surface area contributed by atoms with Gasteiger partial charge in [-0.2, -0.15) is 0 Å². The summed E-state index contributed by atoms with van der Waals surface area (Å²) in [4.78, 5) is 20.3. The minimum atomic E-state index is -3.33. The van der Waals surface area contributed by atoms with Gasteiger partial charge in [0.2, 0.25) is 10.0 Å². The van der Waals surface area contributed by atoms with Gasteiger partial charge in [0.1, 0.15) is 19.7 Å². The maximum absolute atomic E-state index is 12.8. The van der Waals surface area contributed by atoms with Crippen molar-refractivity contribution in [3.8, 4) is 0 Å². The second-order valence-corrected chi connectivity index (χ2v) is 9.72. The van der Waals surface area contributed by atoms with E-state index in [0.717, 1.165) is 6.42 Å². The number of carbonyl (C=O) groups is 1. The number of H-pyrrole nitrogens is 1. The van der Waals surface area contributed by atoms with Crippen LogP contribution in [0.4, 0.5) is 5.69 Å². The van der Waals surface area contributed by atoms with Crippen LogP contribution in [0, 0.1) is 6.92 Å². The third-order valence-corrected chi connectivity index (χ3v) is 7.27. The van der Waals surface area contributed by atoms with Gasteiger partial charge in [0.25, 0.3) is 5.91 Å². The van der Waals surface area contributed by atoms with Crippen molar-refractivity contribution in [1.29, 1.82) is 0 Å². The predicted octanol–water partition coefficient (Wildman–Crippen LogP) is 1.06. The van der Waals surface area contributed by atoms with Gasteiger partial charge in [-0.05, 0) is 55.7 Å². The SMILES string of the molecule is [B]c1ccc2nc([C@H](CO)NC(=O)c3ccc(N4CCCCS4(=O)=O)c(C)c3)[nH]c2c1. The molecule has 10 heteroatoms. The summed E-state index contributed by atoms with van der Waals surface area (Å²) in [6.45, 7) is 1.88. The van der Waals surface area contributed by atoms with Crippen molar-refractivity contribution < 1.29 is 18.3 Å². The van der Waals surface area contributed by atoms with Gasteiger partial charge in [-0.3, -0.25) is 9.10 Å². The van der Waals surface area contributed by atoms with Crippen molar-refractivity contribution in [1.82, 2.24) is 15.3 Å². The molecule has 0 bridgehead atoms. The lowest BCUT2D eigenvalue weighted by atomic mass is 9.96. The Labute approximate surface area is 182 Å². The van der Waals surface area contributed by atoms with Gasteiger partial charge in [0, 0.05) is 12.1 Å². The molecule has 2 radical (unpaired) electrons. The summed E-state index contributed by atoms with van der Waals surface area (Å²) in [6.07, 6.45) is 1.47. The highest BCUT2D eigenvalue weighted by atomic mass is 32.2. The zero-order valence-corrected chi connectivity index (χ0v) is 17.9. The zero-order chi connectivity index (χ0) is 22.2. The second-order valence-electron chi connectivity index (χ2n) is 7.70. The minimum Gasteiger partial charge on any atom is -0.394 e. The number of aryl methyl sites for hydroxylation is 1. The van der Waals surface area contributed by atoms with E-state index in [4.69, 9.17) is 7.85 Å². The molecule has 0 saturated carbocycles. The van der Waals surface area contributed by atoms with Gasteiger partial charge in [0.15, 0.2) is 0 Å². The monoisotopic (exact) mass is 438 g/mol. The average molecular weight is 438 g/mol. The summed E-state index contributed by atoms with van der Waals surface area (Å²) < 4.78 is 26.2. The maximum Gasteiger partial charge on any atom is 0.251 e. The first-order valence-corrected chi connectivity index (χ1v) is 11.7. The van der Waals surface area contributed by atoms with Crippen molar-refractivity contribution >= 4 is 46.0 Å². The third kappa shape index (κ3) is 4.31. The number of rotatable bonds is 5. The molecule has 160 valence electrons. The standard InChI is InChI=1S/C21H23BN4O4S/c1-13-10-14(4-7-19(13)26-8-2-3-9-31(26,29)30)21(28)25-18(12-27)20-23-16-6-5-15(22)11-17(16)24-20/h4-7,10-11,18,27H,2-3,8-9,12H2,1H3,(H,23,24)(H,25,28)/t18-/m0/s1. The van der Waals surface area contributed by atoms with Crippen molar-refractivity contribution in [2.45, 2.75) is 25.8 Å². The van der Waals surface area contributed by atoms with Crippen LogP contribution in [0.1, 0.15) is 40.6 Å². The quantitative estimate of drug-likeness (QED) is 0.516. The van der Waals surface area contributed by atoms with Crippen LogP contribution in [-0.4, -0.2) is 56.2 Å². The number of nitrogens with one attached hydrogen (secondary N) is 2. The molecule has 1 fully saturated rings. The molecular formula is C21H23BN4O4S. The molecule has 1 atom stereocenters. The molecule has 0 spiro atoms. The molecule has 3 N–H and O–H groups in total. The van der Waals surface area contributed by atoms with Crippen LogP contribution in [0.25, 0.3) is 11.0 Å². The number of aliphatic hydroxyl groups is 1. The topological polar surface area (TPSA) is 115 Å². The fourth-order valence-electron chi connectivity index (χ4n) is 3.79. The third-order valence-electron chi connectivity index (χ3n) is 5.42. The number of sulfonamides is 1. The van der Waals surface area contributed by atoms with Gasteiger partial charge >= 0.3 is 0 Å². The lowest BCUT2D eigenvalue weighted by Gasteiger charge is -2.29. The van der Waals surface area contributed by atoms with E-state index in [9.17, 15) is 18.3 Å². The summed E-state index contributed by atoms with van der Waals surface area (Å²) in [6, 6.07) is 9.40. The Morgan fingerprint density at radius 2 is 2.10 bits per heavy atom. The molecule has 2 heterocycles. The largest absolute Gasteiger partial charge is 0.394 e. The van der Waals surface area contributed by atoms with E-state index in [1.165, 1.54) is 4.31 Å². The summed E-state index contributed by atoms with van der Waals surface area (Å²) in [5.41, 5.74) is 3.63. The Balaban J connectivity index is 1.55. The van der Waals surface area contributed by atoms with Crippen LogP contribution in [0.5, 0.6) is 0 Å². The molecule has 0 unspecified atom stereocenters. The van der Waals surface area contributed by atoms with Crippen molar-refractivity contribution in [3.05, 3.63) is 53.3 Å².